The van der Waals surface area contributed by atoms with E-state index < -0.39 is 0 Å². The molecule has 20 heavy (non-hydrogen) atoms. The Morgan fingerprint density at radius 1 is 1.20 bits per heavy atom. The molecule has 0 saturated carbocycles. The van der Waals surface area contributed by atoms with Crippen molar-refractivity contribution in [2.45, 2.75) is 19.9 Å². The van der Waals surface area contributed by atoms with Crippen molar-refractivity contribution in [3.05, 3.63) is 68.7 Å². The molecule has 2 rings (SSSR count). The van der Waals surface area contributed by atoms with Crippen molar-refractivity contribution in [2.75, 3.05) is 0 Å². The second-order valence-corrected chi connectivity index (χ2v) is 6.03. The summed E-state index contributed by atoms with van der Waals surface area (Å²) in [5.41, 5.74) is 2.59. The molecule has 1 atom stereocenters. The molecule has 0 bridgehead atoms. The van der Waals surface area contributed by atoms with E-state index in [-0.39, 0.29) is 11.9 Å². The van der Waals surface area contributed by atoms with Gasteiger partial charge in [-0.15, -0.1) is 0 Å². The third-order valence-electron chi connectivity index (χ3n) is 3.15. The molecular weight excluding hydrogens is 338 g/mol. The van der Waals surface area contributed by atoms with Gasteiger partial charge in [0.1, 0.15) is 0 Å². The van der Waals surface area contributed by atoms with E-state index in [1.807, 2.05) is 44.2 Å². The van der Waals surface area contributed by atoms with Crippen LogP contribution < -0.4 is 5.32 Å². The van der Waals surface area contributed by atoms with Crippen LogP contribution >= 0.6 is 27.5 Å². The number of rotatable bonds is 3. The fourth-order valence-electron chi connectivity index (χ4n) is 1.85. The zero-order valence-electron chi connectivity index (χ0n) is 11.3. The minimum Gasteiger partial charge on any atom is -0.346 e. The third-order valence-corrected chi connectivity index (χ3v) is 4.09. The molecule has 1 unspecified atom stereocenters. The fourth-order valence-corrected chi connectivity index (χ4v) is 2.29. The molecule has 1 N–H and O–H groups in total. The fraction of sp³-hybridized carbons (Fsp3) is 0.188. The van der Waals surface area contributed by atoms with Crippen molar-refractivity contribution in [3.63, 3.8) is 0 Å². The first-order valence-electron chi connectivity index (χ1n) is 6.30. The van der Waals surface area contributed by atoms with Crippen molar-refractivity contribution in [3.8, 4) is 0 Å². The van der Waals surface area contributed by atoms with Gasteiger partial charge in [0, 0.05) is 15.1 Å². The van der Waals surface area contributed by atoms with Crippen LogP contribution in [0.2, 0.25) is 5.02 Å². The molecule has 0 fully saturated rings. The van der Waals surface area contributed by atoms with Crippen LogP contribution in [0.4, 0.5) is 0 Å². The van der Waals surface area contributed by atoms with Crippen LogP contribution in [0.25, 0.3) is 0 Å². The largest absolute Gasteiger partial charge is 0.346 e. The summed E-state index contributed by atoms with van der Waals surface area (Å²) < 4.78 is 1.02. The molecule has 0 heterocycles. The number of benzene rings is 2. The Balaban J connectivity index is 2.10. The molecule has 2 nitrogen and oxygen atoms in total. The first kappa shape index (κ1) is 15.1. The van der Waals surface area contributed by atoms with Gasteiger partial charge in [-0.3, -0.25) is 4.79 Å². The molecule has 0 saturated heterocycles. The molecule has 0 aromatic heterocycles. The Labute approximate surface area is 132 Å². The Kier molecular flexibility index (Phi) is 4.84. The van der Waals surface area contributed by atoms with Gasteiger partial charge in [-0.25, -0.2) is 0 Å². The van der Waals surface area contributed by atoms with Gasteiger partial charge in [0.2, 0.25) is 0 Å². The van der Waals surface area contributed by atoms with Crippen LogP contribution in [0.15, 0.2) is 46.9 Å². The van der Waals surface area contributed by atoms with E-state index in [1.165, 1.54) is 0 Å². The summed E-state index contributed by atoms with van der Waals surface area (Å²) >= 11 is 9.44. The third kappa shape index (κ3) is 3.62. The van der Waals surface area contributed by atoms with Gasteiger partial charge in [0.05, 0.1) is 6.04 Å². The van der Waals surface area contributed by atoms with Crippen molar-refractivity contribution in [1.29, 1.82) is 0 Å². The summed E-state index contributed by atoms with van der Waals surface area (Å²) in [7, 11) is 0. The second-order valence-electron chi connectivity index (χ2n) is 4.71. The normalized spacial score (nSPS) is 12.0. The number of hydrogen-bond donors (Lipinski definition) is 1. The number of nitrogens with one attached hydrogen (secondary N) is 1. The second kappa shape index (κ2) is 6.42. The van der Waals surface area contributed by atoms with Gasteiger partial charge in [-0.05, 0) is 49.2 Å². The van der Waals surface area contributed by atoms with Crippen LogP contribution in [-0.4, -0.2) is 5.91 Å². The number of aryl methyl sites for hydroxylation is 1. The summed E-state index contributed by atoms with van der Waals surface area (Å²) in [6.07, 6.45) is 0. The lowest BCUT2D eigenvalue weighted by Gasteiger charge is -2.15. The Morgan fingerprint density at radius 3 is 2.45 bits per heavy atom. The topological polar surface area (TPSA) is 29.1 Å². The van der Waals surface area contributed by atoms with E-state index in [0.717, 1.165) is 15.6 Å². The quantitative estimate of drug-likeness (QED) is 0.836. The number of hydrogen-bond acceptors (Lipinski definition) is 1. The minimum absolute atomic E-state index is 0.0596. The van der Waals surface area contributed by atoms with Crippen LogP contribution in [-0.2, 0) is 0 Å². The van der Waals surface area contributed by atoms with Gasteiger partial charge in [-0.2, -0.15) is 0 Å². The van der Waals surface area contributed by atoms with E-state index in [2.05, 4.69) is 21.2 Å². The van der Waals surface area contributed by atoms with E-state index in [1.54, 1.807) is 12.1 Å². The average Bonchev–Trinajstić information content (AvgIpc) is 2.42. The van der Waals surface area contributed by atoms with Gasteiger partial charge in [-0.1, -0.05) is 45.7 Å². The molecule has 4 heteroatoms. The Morgan fingerprint density at radius 2 is 1.85 bits per heavy atom. The lowest BCUT2D eigenvalue weighted by Crippen LogP contribution is -2.26. The number of amides is 1. The summed E-state index contributed by atoms with van der Waals surface area (Å²) in [6.45, 7) is 3.87. The molecule has 2 aromatic rings. The Hall–Kier alpha value is -1.32. The number of carbonyl (C=O) groups excluding carboxylic acids is 1. The van der Waals surface area contributed by atoms with Gasteiger partial charge < -0.3 is 5.32 Å². The van der Waals surface area contributed by atoms with Crippen LogP contribution in [0.5, 0.6) is 0 Å². The molecule has 1 amide bonds. The first-order valence-corrected chi connectivity index (χ1v) is 7.47. The molecule has 0 spiro atoms. The maximum Gasteiger partial charge on any atom is 0.251 e. The van der Waals surface area contributed by atoms with E-state index >= 15 is 0 Å². The summed E-state index contributed by atoms with van der Waals surface area (Å²) in [4.78, 5) is 12.2. The van der Waals surface area contributed by atoms with Crippen molar-refractivity contribution in [2.24, 2.45) is 0 Å². The lowest BCUT2D eigenvalue weighted by atomic mass is 10.1. The predicted molar refractivity (Wildman–Crippen MR) is 86.2 cm³/mol. The molecule has 0 aliphatic rings. The van der Waals surface area contributed by atoms with E-state index in [0.29, 0.717) is 10.6 Å². The lowest BCUT2D eigenvalue weighted by molar-refractivity contribution is 0.0940. The van der Waals surface area contributed by atoms with Crippen molar-refractivity contribution < 1.29 is 4.79 Å². The highest BCUT2D eigenvalue weighted by molar-refractivity contribution is 9.10. The first-order chi connectivity index (χ1) is 9.47. The predicted octanol–water partition coefficient (Wildman–Crippen LogP) is 4.90. The number of halogens is 2. The maximum atomic E-state index is 12.2. The minimum atomic E-state index is -0.123. The van der Waals surface area contributed by atoms with Crippen LogP contribution in [0.3, 0.4) is 0 Å². The van der Waals surface area contributed by atoms with Crippen LogP contribution in [0, 0.1) is 6.92 Å². The molecule has 0 radical (unpaired) electrons. The standard InChI is InChI=1S/C16H15BrClNO/c1-10-3-4-13(9-15(10)18)16(20)19-11(2)12-5-7-14(17)8-6-12/h3-9,11H,1-2H3,(H,19,20). The van der Waals surface area contributed by atoms with Crippen molar-refractivity contribution >= 4 is 33.4 Å². The highest BCUT2D eigenvalue weighted by Gasteiger charge is 2.12. The van der Waals surface area contributed by atoms with Gasteiger partial charge in [0.15, 0.2) is 0 Å². The van der Waals surface area contributed by atoms with Crippen LogP contribution in [0.1, 0.15) is 34.5 Å². The Bertz CT molecular complexity index is 625. The van der Waals surface area contributed by atoms with Crippen molar-refractivity contribution in [1.82, 2.24) is 5.32 Å². The number of carbonyl (C=O) groups is 1. The zero-order chi connectivity index (χ0) is 14.7. The monoisotopic (exact) mass is 351 g/mol. The molecule has 2 aromatic carbocycles. The molecule has 0 aliphatic heterocycles. The van der Waals surface area contributed by atoms with E-state index in [4.69, 9.17) is 11.6 Å². The smallest absolute Gasteiger partial charge is 0.251 e. The summed E-state index contributed by atoms with van der Waals surface area (Å²) in [5.74, 6) is -0.123. The molecular formula is C16H15BrClNO. The zero-order valence-corrected chi connectivity index (χ0v) is 13.6. The van der Waals surface area contributed by atoms with Gasteiger partial charge >= 0.3 is 0 Å². The SMILES string of the molecule is Cc1ccc(C(=O)NC(C)c2ccc(Br)cc2)cc1Cl. The summed E-state index contributed by atoms with van der Waals surface area (Å²) in [6, 6.07) is 13.2. The highest BCUT2D eigenvalue weighted by atomic mass is 79.9. The average molecular weight is 353 g/mol. The highest BCUT2D eigenvalue weighted by Crippen LogP contribution is 2.19. The molecule has 104 valence electrons. The van der Waals surface area contributed by atoms with Gasteiger partial charge in [0.25, 0.3) is 5.91 Å². The summed E-state index contributed by atoms with van der Waals surface area (Å²) in [5, 5.41) is 3.57. The van der Waals surface area contributed by atoms with E-state index in [9.17, 15) is 4.79 Å². The molecule has 0 aliphatic carbocycles. The maximum absolute atomic E-state index is 12.2.